The summed E-state index contributed by atoms with van der Waals surface area (Å²) >= 11 is 0. The van der Waals surface area contributed by atoms with Crippen LogP contribution in [0.5, 0.6) is 11.6 Å². The zero-order valence-corrected chi connectivity index (χ0v) is 33.9. The quantitative estimate of drug-likeness (QED) is 0.142. The van der Waals surface area contributed by atoms with Gasteiger partial charge in [0.05, 0.1) is 11.4 Å². The molecular formula is C47H43N5OPt. The number of nitrogens with zero attached hydrogens (tertiary/aromatic N) is 5. The van der Waals surface area contributed by atoms with Gasteiger partial charge in [-0.15, -0.1) is 17.5 Å². The van der Waals surface area contributed by atoms with Crippen molar-refractivity contribution in [2.24, 2.45) is 0 Å². The molecule has 4 aromatic carbocycles. The van der Waals surface area contributed by atoms with E-state index in [-0.39, 0.29) is 26.5 Å². The Morgan fingerprint density at radius 2 is 1.43 bits per heavy atom. The third kappa shape index (κ3) is 6.80. The average Bonchev–Trinajstić information content (AvgIpc) is 3.74. The van der Waals surface area contributed by atoms with Gasteiger partial charge in [-0.25, -0.2) is 9.97 Å². The number of fused-ring (bicyclic) bond motifs is 3. The maximum atomic E-state index is 6.53. The monoisotopic (exact) mass is 888 g/mol. The molecule has 0 fully saturated rings. The Hall–Kier alpha value is -5.32. The summed E-state index contributed by atoms with van der Waals surface area (Å²) in [5.41, 5.74) is 11.1. The fourth-order valence-electron chi connectivity index (χ4n) is 7.26. The summed E-state index contributed by atoms with van der Waals surface area (Å²) in [6, 6.07) is 43.1. The third-order valence-electron chi connectivity index (χ3n) is 9.97. The summed E-state index contributed by atoms with van der Waals surface area (Å²) in [7, 11) is 0. The predicted molar refractivity (Wildman–Crippen MR) is 216 cm³/mol. The van der Waals surface area contributed by atoms with Crippen molar-refractivity contribution in [2.45, 2.75) is 65.7 Å². The van der Waals surface area contributed by atoms with Gasteiger partial charge in [-0.05, 0) is 80.3 Å². The Morgan fingerprint density at radius 1 is 0.722 bits per heavy atom. The molecule has 8 aromatic rings. The van der Waals surface area contributed by atoms with Crippen molar-refractivity contribution in [3.63, 3.8) is 0 Å². The largest absolute Gasteiger partial charge is 2.00 e. The van der Waals surface area contributed by atoms with Crippen molar-refractivity contribution in [3.05, 3.63) is 144 Å². The van der Waals surface area contributed by atoms with Crippen molar-refractivity contribution in [1.29, 1.82) is 0 Å². The molecule has 7 heteroatoms. The van der Waals surface area contributed by atoms with Crippen LogP contribution in [0.25, 0.3) is 61.4 Å². The van der Waals surface area contributed by atoms with E-state index in [1.807, 2.05) is 48.7 Å². The van der Waals surface area contributed by atoms with Gasteiger partial charge in [0, 0.05) is 23.5 Å². The minimum atomic E-state index is -0.0217. The van der Waals surface area contributed by atoms with Crippen LogP contribution < -0.4 is 9.84 Å². The molecule has 0 aliphatic carbocycles. The van der Waals surface area contributed by atoms with E-state index in [2.05, 4.69) is 132 Å². The van der Waals surface area contributed by atoms with Gasteiger partial charge in [-0.3, -0.25) is 0 Å². The fourth-order valence-corrected chi connectivity index (χ4v) is 7.26. The van der Waals surface area contributed by atoms with Crippen LogP contribution in [0.4, 0.5) is 0 Å². The molecule has 4 heterocycles. The van der Waals surface area contributed by atoms with E-state index in [9.17, 15) is 0 Å². The Labute approximate surface area is 331 Å². The van der Waals surface area contributed by atoms with E-state index in [4.69, 9.17) is 24.9 Å². The van der Waals surface area contributed by atoms with E-state index < -0.39 is 0 Å². The van der Waals surface area contributed by atoms with Crippen LogP contribution >= 0.6 is 0 Å². The first-order valence-electron chi connectivity index (χ1n) is 18.4. The molecule has 0 bridgehead atoms. The van der Waals surface area contributed by atoms with Gasteiger partial charge in [-0.1, -0.05) is 132 Å². The van der Waals surface area contributed by atoms with Crippen molar-refractivity contribution < 1.29 is 25.8 Å². The summed E-state index contributed by atoms with van der Waals surface area (Å²) in [5.74, 6) is 2.44. The number of ether oxygens (including phenoxy) is 1. The Balaban J connectivity index is 0.00000450. The molecule has 8 rings (SSSR count). The standard InChI is InChI=1S/C47H43N5O.Pt/c1-29(2)34-18-13-19-35(30(3)4)43(34)44-45(31-15-9-8-10-16-31)50-51-46(44)38-20-14-22-42(49-38)53-33-23-24-37-36-17-11-12-21-39(36)52(40(37)28-33)41-27-32(25-26-48-41)47(5,6)7;/h8-27,29-30H,1-7H3;/q-2;+2. The zero-order valence-electron chi connectivity index (χ0n) is 31.7. The smallest absolute Gasteiger partial charge is 0.573 e. The molecule has 54 heavy (non-hydrogen) atoms. The molecule has 4 aromatic heterocycles. The van der Waals surface area contributed by atoms with Crippen LogP contribution in [0.3, 0.4) is 0 Å². The summed E-state index contributed by atoms with van der Waals surface area (Å²) in [5, 5.41) is 11.9. The molecule has 0 atom stereocenters. The van der Waals surface area contributed by atoms with Crippen LogP contribution in [0, 0.1) is 6.07 Å². The van der Waals surface area contributed by atoms with E-state index in [1.54, 1.807) is 0 Å². The molecule has 0 aliphatic heterocycles. The Bertz CT molecular complexity index is 2570. The zero-order chi connectivity index (χ0) is 36.9. The maximum Gasteiger partial charge on any atom is 2.00 e. The number of pyridine rings is 2. The summed E-state index contributed by atoms with van der Waals surface area (Å²) in [6.45, 7) is 15.6. The Morgan fingerprint density at radius 3 is 2.15 bits per heavy atom. The third-order valence-corrected chi connectivity index (χ3v) is 9.97. The van der Waals surface area contributed by atoms with Gasteiger partial charge in [-0.2, -0.15) is 6.07 Å². The second kappa shape index (κ2) is 14.8. The van der Waals surface area contributed by atoms with Crippen LogP contribution in [0.1, 0.15) is 77.0 Å². The summed E-state index contributed by atoms with van der Waals surface area (Å²) in [6.07, 6.45) is 1.89. The second-order valence-electron chi connectivity index (χ2n) is 15.3. The van der Waals surface area contributed by atoms with Gasteiger partial charge in [0.2, 0.25) is 5.88 Å². The van der Waals surface area contributed by atoms with Gasteiger partial charge in [0.25, 0.3) is 0 Å². The van der Waals surface area contributed by atoms with Crippen LogP contribution in [-0.4, -0.2) is 19.6 Å². The van der Waals surface area contributed by atoms with Crippen molar-refractivity contribution in [2.75, 3.05) is 0 Å². The topological polar surface area (TPSA) is 66.9 Å². The van der Waals surface area contributed by atoms with Crippen LogP contribution in [0.2, 0.25) is 0 Å². The first-order valence-corrected chi connectivity index (χ1v) is 18.4. The predicted octanol–water partition coefficient (Wildman–Crippen LogP) is 12.1. The minimum absolute atomic E-state index is 0. The number of hydrogen-bond acceptors (Lipinski definition) is 4. The molecule has 0 saturated carbocycles. The minimum Gasteiger partial charge on any atom is -0.573 e. The number of para-hydroxylation sites is 1. The maximum absolute atomic E-state index is 6.53. The summed E-state index contributed by atoms with van der Waals surface area (Å²) in [4.78, 5) is 9.88. The Kier molecular flexibility index (Phi) is 10.2. The van der Waals surface area contributed by atoms with Crippen molar-refractivity contribution in [3.8, 4) is 51.2 Å². The summed E-state index contributed by atoms with van der Waals surface area (Å²) < 4.78 is 8.70. The molecule has 272 valence electrons. The molecule has 0 amide bonds. The van der Waals surface area contributed by atoms with E-state index in [0.29, 0.717) is 29.2 Å². The van der Waals surface area contributed by atoms with E-state index in [1.165, 1.54) is 22.3 Å². The molecule has 0 saturated heterocycles. The van der Waals surface area contributed by atoms with E-state index in [0.717, 1.165) is 50.1 Å². The van der Waals surface area contributed by atoms with Crippen LogP contribution in [-0.2, 0) is 26.5 Å². The SMILES string of the molecule is CC(C)c1cccc(C(C)C)c1-c1c(-c2ccccc2)n[n-]c1-c1cccc(Oc2[c-]c3c(cc2)c2ccccc2n3-c2cc(C(C)(C)C)ccn2)n1.[Pt+2]. The molecule has 0 unspecified atom stereocenters. The van der Waals surface area contributed by atoms with E-state index >= 15 is 0 Å². The first-order chi connectivity index (χ1) is 25.6. The van der Waals surface area contributed by atoms with Crippen molar-refractivity contribution >= 4 is 21.8 Å². The molecule has 0 radical (unpaired) electrons. The second-order valence-corrected chi connectivity index (χ2v) is 15.3. The van der Waals surface area contributed by atoms with Crippen LogP contribution in [0.15, 0.2) is 121 Å². The number of hydrogen-bond donors (Lipinski definition) is 0. The molecular weight excluding hydrogens is 846 g/mol. The van der Waals surface area contributed by atoms with Gasteiger partial charge in [0.15, 0.2) is 0 Å². The normalized spacial score (nSPS) is 11.8. The number of benzene rings is 4. The van der Waals surface area contributed by atoms with Gasteiger partial charge in [0.1, 0.15) is 5.82 Å². The van der Waals surface area contributed by atoms with Gasteiger partial charge >= 0.3 is 21.1 Å². The van der Waals surface area contributed by atoms with Gasteiger partial charge < -0.3 is 19.5 Å². The molecule has 0 N–H and O–H groups in total. The molecule has 0 aliphatic rings. The first kappa shape index (κ1) is 37.0. The molecule has 6 nitrogen and oxygen atoms in total. The number of rotatable bonds is 8. The number of aromatic nitrogens is 5. The molecule has 0 spiro atoms. The van der Waals surface area contributed by atoms with Crippen molar-refractivity contribution in [1.82, 2.24) is 24.7 Å². The fraction of sp³-hybridized carbons (Fsp3) is 0.213. The average molecular weight is 889 g/mol.